The minimum Gasteiger partial charge on any atom is -0.448 e. The maximum Gasteiger partial charge on any atom is 0.338 e. The topological polar surface area (TPSA) is 61.8 Å². The summed E-state index contributed by atoms with van der Waals surface area (Å²) in [7, 11) is 0. The summed E-state index contributed by atoms with van der Waals surface area (Å²) in [6.07, 6.45) is -0.442. The fourth-order valence-corrected chi connectivity index (χ4v) is 3.29. The Morgan fingerprint density at radius 3 is 2.71 bits per heavy atom. The average molecular weight is 350 g/mol. The Balaban J connectivity index is 2.19. The second-order valence-corrected chi connectivity index (χ2v) is 6.65. The quantitative estimate of drug-likeness (QED) is 0.557. The summed E-state index contributed by atoms with van der Waals surface area (Å²) in [6.45, 7) is 7.61. The van der Waals surface area contributed by atoms with Crippen LogP contribution in [0, 0.1) is 0 Å². The van der Waals surface area contributed by atoms with Gasteiger partial charge in [-0.05, 0) is 24.8 Å². The number of benzene rings is 1. The van der Waals surface area contributed by atoms with E-state index in [1.165, 1.54) is 11.8 Å². The first-order valence-electron chi connectivity index (χ1n) is 7.87. The molecule has 1 fully saturated rings. The number of ketones is 1. The van der Waals surface area contributed by atoms with E-state index in [4.69, 9.17) is 14.2 Å². The summed E-state index contributed by atoms with van der Waals surface area (Å²) < 4.78 is 16.9. The molecular formula is C18H22O5S. The number of thioether (sulfide) groups is 1. The molecule has 4 atom stereocenters. The van der Waals surface area contributed by atoms with Gasteiger partial charge in [0.2, 0.25) is 5.78 Å². The molecule has 1 saturated heterocycles. The molecular weight excluding hydrogens is 328 g/mol. The predicted octanol–water partition coefficient (Wildman–Crippen LogP) is 2.85. The van der Waals surface area contributed by atoms with E-state index in [0.29, 0.717) is 5.56 Å². The highest BCUT2D eigenvalue weighted by Crippen LogP contribution is 2.29. The van der Waals surface area contributed by atoms with Crippen LogP contribution in [0.2, 0.25) is 0 Å². The van der Waals surface area contributed by atoms with Crippen molar-refractivity contribution in [1.82, 2.24) is 0 Å². The van der Waals surface area contributed by atoms with Crippen LogP contribution < -0.4 is 0 Å². The van der Waals surface area contributed by atoms with Crippen molar-refractivity contribution < 1.29 is 23.8 Å². The van der Waals surface area contributed by atoms with Crippen molar-refractivity contribution >= 4 is 23.5 Å². The monoisotopic (exact) mass is 350 g/mol. The molecule has 0 spiro atoms. The van der Waals surface area contributed by atoms with Crippen LogP contribution >= 0.6 is 11.8 Å². The second-order valence-electron chi connectivity index (χ2n) is 5.31. The molecule has 2 rings (SSSR count). The largest absolute Gasteiger partial charge is 0.448 e. The van der Waals surface area contributed by atoms with Gasteiger partial charge in [0.25, 0.3) is 0 Å². The zero-order chi connectivity index (χ0) is 17.5. The molecule has 5 nitrogen and oxygen atoms in total. The molecule has 1 aliphatic rings. The van der Waals surface area contributed by atoms with Crippen molar-refractivity contribution in [1.29, 1.82) is 0 Å². The minimum absolute atomic E-state index is 0.247. The van der Waals surface area contributed by atoms with E-state index in [-0.39, 0.29) is 18.5 Å². The summed E-state index contributed by atoms with van der Waals surface area (Å²) >= 11 is 1.38. The normalized spacial score (nSPS) is 26.8. The van der Waals surface area contributed by atoms with Crippen molar-refractivity contribution in [2.45, 2.75) is 37.6 Å². The minimum atomic E-state index is -0.995. The number of carbonyl (C=O) groups excluding carboxylic acids is 2. The summed E-state index contributed by atoms with van der Waals surface area (Å²) in [5.74, 6) is -0.102. The van der Waals surface area contributed by atoms with Crippen molar-refractivity contribution in [2.75, 3.05) is 12.4 Å². The van der Waals surface area contributed by atoms with E-state index < -0.39 is 23.6 Å². The van der Waals surface area contributed by atoms with E-state index in [2.05, 4.69) is 6.58 Å². The van der Waals surface area contributed by atoms with Crippen LogP contribution in [-0.2, 0) is 19.0 Å². The number of hydrogen-bond acceptors (Lipinski definition) is 6. The third kappa shape index (κ3) is 4.47. The predicted molar refractivity (Wildman–Crippen MR) is 93.1 cm³/mol. The first-order valence-corrected chi connectivity index (χ1v) is 8.92. The van der Waals surface area contributed by atoms with E-state index >= 15 is 0 Å². The van der Waals surface area contributed by atoms with E-state index in [1.54, 1.807) is 30.3 Å². The first kappa shape index (κ1) is 18.7. The summed E-state index contributed by atoms with van der Waals surface area (Å²) in [4.78, 5) is 25.0. The molecule has 1 heterocycles. The zero-order valence-electron chi connectivity index (χ0n) is 13.8. The van der Waals surface area contributed by atoms with Gasteiger partial charge in [-0.3, -0.25) is 4.79 Å². The van der Waals surface area contributed by atoms with Gasteiger partial charge in [0.05, 0.1) is 18.3 Å². The Kier molecular flexibility index (Phi) is 7.02. The van der Waals surface area contributed by atoms with Gasteiger partial charge < -0.3 is 14.2 Å². The lowest BCUT2D eigenvalue weighted by Crippen LogP contribution is -2.56. The molecule has 6 heteroatoms. The fourth-order valence-electron chi connectivity index (χ4n) is 2.44. The Morgan fingerprint density at radius 1 is 1.38 bits per heavy atom. The molecule has 130 valence electrons. The number of hydrogen-bond donors (Lipinski definition) is 0. The summed E-state index contributed by atoms with van der Waals surface area (Å²) in [5.41, 5.74) is -0.256. The lowest BCUT2D eigenvalue weighted by atomic mass is 10.0. The lowest BCUT2D eigenvalue weighted by Gasteiger charge is -2.38. The molecule has 1 aromatic rings. The molecule has 0 N–H and O–H groups in total. The average Bonchev–Trinajstić information content (AvgIpc) is 2.59. The Morgan fingerprint density at radius 2 is 2.08 bits per heavy atom. The van der Waals surface area contributed by atoms with Gasteiger partial charge in [0.15, 0.2) is 11.5 Å². The second kappa shape index (κ2) is 9.01. The Hall–Kier alpha value is -1.63. The number of ether oxygens (including phenoxy) is 3. The highest BCUT2D eigenvalue weighted by Gasteiger charge is 2.46. The molecule has 1 aliphatic heterocycles. The van der Waals surface area contributed by atoms with E-state index in [9.17, 15) is 9.59 Å². The molecule has 0 unspecified atom stereocenters. The molecule has 0 radical (unpaired) electrons. The molecule has 1 aromatic carbocycles. The van der Waals surface area contributed by atoms with Crippen molar-refractivity contribution in [2.24, 2.45) is 0 Å². The van der Waals surface area contributed by atoms with Gasteiger partial charge in [-0.2, -0.15) is 0 Å². The van der Waals surface area contributed by atoms with Gasteiger partial charge in [0, 0.05) is 0 Å². The maximum atomic E-state index is 12.7. The summed E-state index contributed by atoms with van der Waals surface area (Å²) in [6, 6.07) is 8.59. The lowest BCUT2D eigenvalue weighted by molar-refractivity contribution is -0.176. The van der Waals surface area contributed by atoms with Crippen LogP contribution in [0.3, 0.4) is 0 Å². The van der Waals surface area contributed by atoms with Gasteiger partial charge >= 0.3 is 5.97 Å². The van der Waals surface area contributed by atoms with Gasteiger partial charge in [-0.1, -0.05) is 31.2 Å². The van der Waals surface area contributed by atoms with E-state index in [0.717, 1.165) is 5.75 Å². The van der Waals surface area contributed by atoms with Crippen molar-refractivity contribution in [3.63, 3.8) is 0 Å². The fraction of sp³-hybridized carbons (Fsp3) is 0.444. The highest BCUT2D eigenvalue weighted by atomic mass is 32.2. The van der Waals surface area contributed by atoms with Crippen LogP contribution in [0.4, 0.5) is 0 Å². The third-order valence-electron chi connectivity index (χ3n) is 3.58. The van der Waals surface area contributed by atoms with Crippen molar-refractivity contribution in [3.05, 3.63) is 48.6 Å². The first-order chi connectivity index (χ1) is 11.6. The van der Waals surface area contributed by atoms with Gasteiger partial charge in [0.1, 0.15) is 6.10 Å². The van der Waals surface area contributed by atoms with Crippen LogP contribution in [0.15, 0.2) is 43.0 Å². The third-order valence-corrected chi connectivity index (χ3v) is 4.56. The molecule has 24 heavy (non-hydrogen) atoms. The molecule has 0 amide bonds. The molecule has 0 bridgehead atoms. The van der Waals surface area contributed by atoms with Crippen LogP contribution in [-0.4, -0.2) is 47.9 Å². The zero-order valence-corrected chi connectivity index (χ0v) is 14.7. The maximum absolute atomic E-state index is 12.7. The highest BCUT2D eigenvalue weighted by molar-refractivity contribution is 8.00. The number of Topliss-reactive ketones (excluding diaryl/α,β-unsaturated/α-hetero) is 1. The number of rotatable bonds is 7. The summed E-state index contributed by atoms with van der Waals surface area (Å²) in [5, 5.41) is 0. The number of esters is 1. The van der Waals surface area contributed by atoms with Crippen LogP contribution in [0.1, 0.15) is 24.2 Å². The van der Waals surface area contributed by atoms with Crippen LogP contribution in [0.5, 0.6) is 0 Å². The Labute approximate surface area is 146 Å². The Bertz CT molecular complexity index is 574. The van der Waals surface area contributed by atoms with Crippen LogP contribution in [0.25, 0.3) is 0 Å². The SMILES string of the molecule is C=CCO[C@H]1[C@H](C)O[C@@H](SCC)C(=O)[C@@H]1OC(=O)c1ccccc1. The molecule has 0 saturated carbocycles. The van der Waals surface area contributed by atoms with Crippen molar-refractivity contribution in [3.8, 4) is 0 Å². The van der Waals surface area contributed by atoms with E-state index in [1.807, 2.05) is 19.9 Å². The standard InChI is InChI=1S/C18H22O5S/c1-4-11-21-15-12(3)22-18(24-5-2)14(19)16(15)23-17(20)13-9-7-6-8-10-13/h4,6-10,12,15-16,18H,1,5,11H2,2-3H3/t12-,15-,16-,18-/m0/s1. The molecule has 0 aliphatic carbocycles. The molecule has 0 aromatic heterocycles. The number of carbonyl (C=O) groups is 2. The van der Waals surface area contributed by atoms with Gasteiger partial charge in [-0.25, -0.2) is 4.79 Å². The smallest absolute Gasteiger partial charge is 0.338 e. The van der Waals surface area contributed by atoms with Gasteiger partial charge in [-0.15, -0.1) is 18.3 Å².